The Balaban J connectivity index is 1.76. The van der Waals surface area contributed by atoms with Crippen LogP contribution in [0.2, 0.25) is 0 Å². The molecule has 1 aromatic heterocycles. The van der Waals surface area contributed by atoms with E-state index in [0.717, 1.165) is 12.8 Å². The van der Waals surface area contributed by atoms with Crippen molar-refractivity contribution in [1.82, 2.24) is 9.88 Å². The van der Waals surface area contributed by atoms with E-state index in [-0.39, 0.29) is 5.91 Å². The third-order valence-corrected chi connectivity index (χ3v) is 3.68. The third kappa shape index (κ3) is 2.54. The topological polar surface area (TPSA) is 33.2 Å². The maximum atomic E-state index is 12.8. The van der Waals surface area contributed by atoms with Crippen LogP contribution >= 0.6 is 0 Å². The van der Waals surface area contributed by atoms with Crippen LogP contribution in [0.4, 0.5) is 4.39 Å². The monoisotopic (exact) mass is 270 g/mol. The predicted octanol–water partition coefficient (Wildman–Crippen LogP) is 2.46. The van der Waals surface area contributed by atoms with E-state index in [9.17, 15) is 9.18 Å². The molecule has 1 aliphatic heterocycles. The highest BCUT2D eigenvalue weighted by molar-refractivity contribution is 5.93. The number of hydrogen-bond donors (Lipinski definition) is 0. The highest BCUT2D eigenvalue weighted by Crippen LogP contribution is 2.17. The lowest BCUT2D eigenvalue weighted by molar-refractivity contribution is 0.0762. The minimum Gasteiger partial charge on any atom is -0.338 e. The van der Waals surface area contributed by atoms with Gasteiger partial charge in [0.1, 0.15) is 0 Å². The van der Waals surface area contributed by atoms with Crippen molar-refractivity contribution in [3.63, 3.8) is 0 Å². The summed E-state index contributed by atoms with van der Waals surface area (Å²) in [5, 5.41) is 0. The zero-order chi connectivity index (χ0) is 13.9. The quantitative estimate of drug-likeness (QED) is 0.746. The minimum atomic E-state index is -0.565. The summed E-state index contributed by atoms with van der Waals surface area (Å²) in [6.07, 6.45) is 3.02. The number of carbonyl (C=O) groups excluding carboxylic acids is 1. The van der Waals surface area contributed by atoms with Gasteiger partial charge < -0.3 is 4.90 Å². The molecule has 3 nitrogen and oxygen atoms in total. The average molecular weight is 270 g/mol. The van der Waals surface area contributed by atoms with Gasteiger partial charge in [0.15, 0.2) is 0 Å². The van der Waals surface area contributed by atoms with Crippen molar-refractivity contribution in [2.75, 3.05) is 13.1 Å². The number of nitrogens with zero attached hydrogens (tertiary/aromatic N) is 2. The van der Waals surface area contributed by atoms with Crippen molar-refractivity contribution in [1.29, 1.82) is 0 Å². The minimum absolute atomic E-state index is 0.0784. The molecule has 1 aliphatic rings. The molecule has 0 spiro atoms. The molecule has 0 aliphatic carbocycles. The maximum absolute atomic E-state index is 12.8. The van der Waals surface area contributed by atoms with Crippen LogP contribution in [-0.4, -0.2) is 28.9 Å². The number of aromatic nitrogens is 1. The van der Waals surface area contributed by atoms with E-state index in [0.29, 0.717) is 18.7 Å². The van der Waals surface area contributed by atoms with Crippen molar-refractivity contribution in [2.45, 2.75) is 12.8 Å². The van der Waals surface area contributed by atoms with Gasteiger partial charge in [-0.1, -0.05) is 24.3 Å². The van der Waals surface area contributed by atoms with Crippen LogP contribution in [-0.2, 0) is 12.8 Å². The van der Waals surface area contributed by atoms with Gasteiger partial charge in [0.05, 0.1) is 5.56 Å². The van der Waals surface area contributed by atoms with Crippen LogP contribution in [0.3, 0.4) is 0 Å². The molecule has 20 heavy (non-hydrogen) atoms. The second kappa shape index (κ2) is 5.41. The summed E-state index contributed by atoms with van der Waals surface area (Å²) < 4.78 is 12.8. The van der Waals surface area contributed by atoms with Crippen LogP contribution in [0.1, 0.15) is 21.5 Å². The van der Waals surface area contributed by atoms with Gasteiger partial charge >= 0.3 is 0 Å². The number of pyridine rings is 1. The highest BCUT2D eigenvalue weighted by Gasteiger charge is 2.19. The van der Waals surface area contributed by atoms with Crippen LogP contribution < -0.4 is 0 Å². The highest BCUT2D eigenvalue weighted by atomic mass is 19.1. The van der Waals surface area contributed by atoms with Gasteiger partial charge in [-0.25, -0.2) is 4.98 Å². The summed E-state index contributed by atoms with van der Waals surface area (Å²) >= 11 is 0. The molecule has 0 bridgehead atoms. The summed E-state index contributed by atoms with van der Waals surface area (Å²) in [6.45, 7) is 1.38. The van der Waals surface area contributed by atoms with E-state index in [2.05, 4.69) is 17.1 Å². The first-order valence-corrected chi connectivity index (χ1v) is 6.71. The van der Waals surface area contributed by atoms with E-state index in [1.165, 1.54) is 29.5 Å². The zero-order valence-corrected chi connectivity index (χ0v) is 11.1. The smallest absolute Gasteiger partial charge is 0.255 e. The Bertz CT molecular complexity index is 598. The van der Waals surface area contributed by atoms with Crippen molar-refractivity contribution in [2.24, 2.45) is 0 Å². The van der Waals surface area contributed by atoms with Gasteiger partial charge in [-0.2, -0.15) is 4.39 Å². The molecule has 0 unspecified atom stereocenters. The Morgan fingerprint density at radius 3 is 2.25 bits per heavy atom. The van der Waals surface area contributed by atoms with Crippen molar-refractivity contribution in [3.8, 4) is 0 Å². The molecule has 0 radical (unpaired) electrons. The first kappa shape index (κ1) is 12.8. The number of rotatable bonds is 1. The molecule has 1 aromatic carbocycles. The molecule has 0 N–H and O–H groups in total. The first-order chi connectivity index (χ1) is 9.74. The van der Waals surface area contributed by atoms with Crippen molar-refractivity contribution < 1.29 is 9.18 Å². The SMILES string of the molecule is O=C(c1ccc(F)nc1)N1CCc2ccccc2CC1. The summed E-state index contributed by atoms with van der Waals surface area (Å²) in [5.41, 5.74) is 3.05. The molecule has 1 amide bonds. The molecule has 3 rings (SSSR count). The van der Waals surface area contributed by atoms with E-state index in [4.69, 9.17) is 0 Å². The second-order valence-corrected chi connectivity index (χ2v) is 4.93. The standard InChI is InChI=1S/C16H15FN2O/c17-15-6-5-14(11-18-15)16(20)19-9-7-12-3-1-2-4-13(12)8-10-19/h1-6,11H,7-10H2. The van der Waals surface area contributed by atoms with E-state index >= 15 is 0 Å². The number of benzene rings is 1. The van der Waals surface area contributed by atoms with Crippen molar-refractivity contribution in [3.05, 3.63) is 65.2 Å². The van der Waals surface area contributed by atoms with E-state index in [1.807, 2.05) is 17.0 Å². The van der Waals surface area contributed by atoms with E-state index in [1.54, 1.807) is 0 Å². The number of hydrogen-bond acceptors (Lipinski definition) is 2. The summed E-state index contributed by atoms with van der Waals surface area (Å²) in [4.78, 5) is 17.7. The fourth-order valence-corrected chi connectivity index (χ4v) is 2.56. The van der Waals surface area contributed by atoms with Gasteiger partial charge in [-0.3, -0.25) is 4.79 Å². The molecule has 2 heterocycles. The van der Waals surface area contributed by atoms with Gasteiger partial charge in [0.25, 0.3) is 5.91 Å². The van der Waals surface area contributed by atoms with Gasteiger partial charge in [0, 0.05) is 19.3 Å². The molecule has 4 heteroatoms. The lowest BCUT2D eigenvalue weighted by atomic mass is 10.0. The van der Waals surface area contributed by atoms with E-state index < -0.39 is 5.95 Å². The Hall–Kier alpha value is -2.23. The summed E-state index contributed by atoms with van der Waals surface area (Å²) in [6, 6.07) is 11.0. The van der Waals surface area contributed by atoms with Crippen LogP contribution in [0.25, 0.3) is 0 Å². The number of carbonyl (C=O) groups is 1. The molecule has 0 saturated heterocycles. The van der Waals surface area contributed by atoms with Crippen molar-refractivity contribution >= 4 is 5.91 Å². The van der Waals surface area contributed by atoms with Gasteiger partial charge in [-0.15, -0.1) is 0 Å². The number of halogens is 1. The molecule has 0 fully saturated rings. The molecule has 102 valence electrons. The zero-order valence-electron chi connectivity index (χ0n) is 11.1. The Morgan fingerprint density at radius 2 is 1.70 bits per heavy atom. The second-order valence-electron chi connectivity index (χ2n) is 4.93. The maximum Gasteiger partial charge on any atom is 0.255 e. The normalized spacial score (nSPS) is 14.6. The van der Waals surface area contributed by atoms with Crippen LogP contribution in [0.15, 0.2) is 42.6 Å². The number of fused-ring (bicyclic) bond motifs is 1. The largest absolute Gasteiger partial charge is 0.338 e. The first-order valence-electron chi connectivity index (χ1n) is 6.71. The fourth-order valence-electron chi connectivity index (χ4n) is 2.56. The third-order valence-electron chi connectivity index (χ3n) is 3.68. The summed E-state index contributed by atoms with van der Waals surface area (Å²) in [7, 11) is 0. The lowest BCUT2D eigenvalue weighted by Gasteiger charge is -2.20. The molecule has 0 atom stereocenters. The molecular formula is C16H15FN2O. The molecular weight excluding hydrogens is 255 g/mol. The Labute approximate surface area is 117 Å². The van der Waals surface area contributed by atoms with Gasteiger partial charge in [0.2, 0.25) is 5.95 Å². The van der Waals surface area contributed by atoms with Crippen LogP contribution in [0.5, 0.6) is 0 Å². The Kier molecular flexibility index (Phi) is 3.46. The lowest BCUT2D eigenvalue weighted by Crippen LogP contribution is -2.33. The molecule has 2 aromatic rings. The number of amides is 1. The molecule has 0 saturated carbocycles. The van der Waals surface area contributed by atoms with Crippen LogP contribution in [0, 0.1) is 5.95 Å². The Morgan fingerprint density at radius 1 is 1.05 bits per heavy atom. The summed E-state index contributed by atoms with van der Waals surface area (Å²) in [5.74, 6) is -0.643. The average Bonchev–Trinajstić information content (AvgIpc) is 2.70. The van der Waals surface area contributed by atoms with Gasteiger partial charge in [-0.05, 0) is 36.1 Å². The fraction of sp³-hybridized carbons (Fsp3) is 0.250. The predicted molar refractivity (Wildman–Crippen MR) is 73.9 cm³/mol.